The molecule has 0 aliphatic rings. The third-order valence-electron chi connectivity index (χ3n) is 1.45. The fourth-order valence-electron chi connectivity index (χ4n) is 0.672. The summed E-state index contributed by atoms with van der Waals surface area (Å²) in [5, 5.41) is 18.5. The van der Waals surface area contributed by atoms with Crippen LogP contribution in [0.1, 0.15) is 20.8 Å². The van der Waals surface area contributed by atoms with Gasteiger partial charge in [0, 0.05) is 5.41 Å². The Morgan fingerprint density at radius 1 is 1.46 bits per heavy atom. The van der Waals surface area contributed by atoms with Gasteiger partial charge < -0.3 is 5.11 Å². The van der Waals surface area contributed by atoms with Crippen LogP contribution in [0.3, 0.4) is 0 Å². The van der Waals surface area contributed by atoms with Crippen LogP contribution >= 0.6 is 24.0 Å². The van der Waals surface area contributed by atoms with Crippen molar-refractivity contribution in [2.75, 3.05) is 6.26 Å². The molecule has 0 radical (unpaired) electrons. The van der Waals surface area contributed by atoms with Crippen molar-refractivity contribution in [1.29, 1.82) is 5.26 Å². The molecule has 0 heterocycles. The third-order valence-corrected chi connectivity index (χ3v) is 2.73. The van der Waals surface area contributed by atoms with Crippen molar-refractivity contribution in [1.82, 2.24) is 0 Å². The first-order chi connectivity index (χ1) is 5.84. The number of thiocarbonyl (C=S) groups is 1. The largest absolute Gasteiger partial charge is 0.510 e. The van der Waals surface area contributed by atoms with Gasteiger partial charge in [0.05, 0.1) is 4.20 Å². The molecule has 0 aromatic rings. The lowest BCUT2D eigenvalue weighted by Crippen LogP contribution is -2.13. The summed E-state index contributed by atoms with van der Waals surface area (Å²) >= 11 is 6.24. The first kappa shape index (κ1) is 12.5. The van der Waals surface area contributed by atoms with E-state index < -0.39 is 5.41 Å². The third kappa shape index (κ3) is 3.37. The zero-order chi connectivity index (χ0) is 10.6. The zero-order valence-corrected chi connectivity index (χ0v) is 9.84. The Kier molecular flexibility index (Phi) is 4.45. The van der Waals surface area contributed by atoms with Gasteiger partial charge in [-0.25, -0.2) is 0 Å². The maximum absolute atomic E-state index is 9.70. The van der Waals surface area contributed by atoms with Gasteiger partial charge in [0.25, 0.3) is 0 Å². The summed E-state index contributed by atoms with van der Waals surface area (Å²) in [7, 11) is 0. The van der Waals surface area contributed by atoms with E-state index in [2.05, 4.69) is 0 Å². The molecule has 0 atom stereocenters. The smallest absolute Gasteiger partial charge is 0.117 e. The van der Waals surface area contributed by atoms with Gasteiger partial charge in [-0.2, -0.15) is 5.26 Å². The maximum atomic E-state index is 9.70. The number of allylic oxidation sites excluding steroid dienone is 1. The quantitative estimate of drug-likeness (QED) is 0.316. The molecule has 0 saturated carbocycles. The lowest BCUT2D eigenvalue weighted by atomic mass is 9.91. The molecule has 4 heteroatoms. The van der Waals surface area contributed by atoms with Crippen LogP contribution in [0.4, 0.5) is 0 Å². The number of nitriles is 1. The van der Waals surface area contributed by atoms with Gasteiger partial charge in [0.15, 0.2) is 0 Å². The summed E-state index contributed by atoms with van der Waals surface area (Å²) < 4.78 is 0.440. The van der Waals surface area contributed by atoms with Crippen LogP contribution in [0.2, 0.25) is 0 Å². The Morgan fingerprint density at radius 2 is 1.92 bits per heavy atom. The molecule has 72 valence electrons. The molecular weight excluding hydrogens is 202 g/mol. The predicted molar refractivity (Wildman–Crippen MR) is 60.8 cm³/mol. The average Bonchev–Trinajstić information content (AvgIpc) is 2.03. The molecule has 0 fully saturated rings. The van der Waals surface area contributed by atoms with E-state index in [1.54, 1.807) is 6.26 Å². The van der Waals surface area contributed by atoms with Crippen LogP contribution in [0.15, 0.2) is 11.3 Å². The van der Waals surface area contributed by atoms with Crippen molar-refractivity contribution in [3.63, 3.8) is 0 Å². The summed E-state index contributed by atoms with van der Waals surface area (Å²) in [6.45, 7) is 5.51. The van der Waals surface area contributed by atoms with Crippen molar-refractivity contribution < 1.29 is 5.11 Å². The average molecular weight is 215 g/mol. The fraction of sp³-hybridized carbons (Fsp3) is 0.556. The molecule has 0 amide bonds. The molecule has 0 aliphatic carbocycles. The van der Waals surface area contributed by atoms with Gasteiger partial charge in [0.2, 0.25) is 0 Å². The summed E-state index contributed by atoms with van der Waals surface area (Å²) in [5.74, 6) is 0.0642. The highest BCUT2D eigenvalue weighted by Crippen LogP contribution is 2.27. The number of aliphatic hydroxyl groups excluding tert-OH is 1. The van der Waals surface area contributed by atoms with Gasteiger partial charge >= 0.3 is 0 Å². The molecule has 13 heavy (non-hydrogen) atoms. The second-order valence-electron chi connectivity index (χ2n) is 3.58. The number of nitrogens with zero attached hydrogens (tertiary/aromatic N) is 1. The summed E-state index contributed by atoms with van der Waals surface area (Å²) in [4.78, 5) is 0. The van der Waals surface area contributed by atoms with Crippen LogP contribution in [0.5, 0.6) is 0 Å². The second kappa shape index (κ2) is 4.64. The minimum atomic E-state index is -0.426. The molecular formula is C9H13NOS2. The topological polar surface area (TPSA) is 44.0 Å². The van der Waals surface area contributed by atoms with E-state index in [0.717, 1.165) is 0 Å². The first-order valence-electron chi connectivity index (χ1n) is 3.76. The van der Waals surface area contributed by atoms with Gasteiger partial charge in [0.1, 0.15) is 17.4 Å². The SMILES string of the molecule is CSC(=S)/C(C#N)=C(\O)C(C)(C)C. The van der Waals surface area contributed by atoms with Crippen molar-refractivity contribution in [2.45, 2.75) is 20.8 Å². The molecule has 0 aliphatic heterocycles. The Bertz CT molecular complexity index is 281. The van der Waals surface area contributed by atoms with Crippen LogP contribution < -0.4 is 0 Å². The summed E-state index contributed by atoms with van der Waals surface area (Å²) in [6, 6.07) is 1.93. The first-order valence-corrected chi connectivity index (χ1v) is 5.40. The molecule has 2 nitrogen and oxygen atoms in total. The molecule has 0 aromatic heterocycles. The molecule has 0 spiro atoms. The van der Waals surface area contributed by atoms with Crippen LogP contribution in [-0.2, 0) is 0 Å². The molecule has 0 unspecified atom stereocenters. The van der Waals surface area contributed by atoms with E-state index in [-0.39, 0.29) is 11.3 Å². The van der Waals surface area contributed by atoms with E-state index in [9.17, 15) is 5.11 Å². The summed E-state index contributed by atoms with van der Waals surface area (Å²) in [5.41, 5.74) is -0.208. The van der Waals surface area contributed by atoms with Gasteiger partial charge in [-0.1, -0.05) is 33.0 Å². The van der Waals surface area contributed by atoms with Gasteiger partial charge in [-0.3, -0.25) is 0 Å². The highest BCUT2D eigenvalue weighted by atomic mass is 32.2. The lowest BCUT2D eigenvalue weighted by Gasteiger charge is -2.18. The second-order valence-corrected chi connectivity index (χ2v) is 5.06. The van der Waals surface area contributed by atoms with Gasteiger partial charge in [-0.15, -0.1) is 11.8 Å². The summed E-state index contributed by atoms with van der Waals surface area (Å²) in [6.07, 6.45) is 1.79. The Balaban J connectivity index is 5.18. The minimum Gasteiger partial charge on any atom is -0.510 e. The normalized spacial score (nSPS) is 13.2. The van der Waals surface area contributed by atoms with Crippen LogP contribution in [0, 0.1) is 16.7 Å². The van der Waals surface area contributed by atoms with Crippen molar-refractivity contribution in [3.8, 4) is 6.07 Å². The van der Waals surface area contributed by atoms with Crippen molar-refractivity contribution in [2.24, 2.45) is 5.41 Å². The van der Waals surface area contributed by atoms with E-state index in [1.165, 1.54) is 11.8 Å². The number of hydrogen-bond acceptors (Lipinski definition) is 4. The Morgan fingerprint density at radius 3 is 2.15 bits per heavy atom. The molecule has 0 saturated heterocycles. The van der Waals surface area contributed by atoms with Gasteiger partial charge in [-0.05, 0) is 6.26 Å². The minimum absolute atomic E-state index is 0.0642. The van der Waals surface area contributed by atoms with Crippen molar-refractivity contribution in [3.05, 3.63) is 11.3 Å². The van der Waals surface area contributed by atoms with E-state index in [0.29, 0.717) is 4.20 Å². The monoisotopic (exact) mass is 215 g/mol. The Hall–Kier alpha value is -0.530. The highest BCUT2D eigenvalue weighted by molar-refractivity contribution is 8.23. The van der Waals surface area contributed by atoms with E-state index >= 15 is 0 Å². The number of thioether (sulfide) groups is 1. The van der Waals surface area contributed by atoms with Crippen LogP contribution in [-0.4, -0.2) is 15.6 Å². The standard InChI is InChI=1S/C9H13NOS2/c1-9(2,3)7(11)6(5-10)8(12)13-4/h11H,1-4H3/b7-6-. The van der Waals surface area contributed by atoms with Crippen molar-refractivity contribution >= 4 is 28.2 Å². The highest BCUT2D eigenvalue weighted by Gasteiger charge is 2.22. The lowest BCUT2D eigenvalue weighted by molar-refractivity contribution is 0.276. The zero-order valence-electron chi connectivity index (χ0n) is 8.21. The number of hydrogen-bond donors (Lipinski definition) is 1. The van der Waals surface area contributed by atoms with E-state index in [1.807, 2.05) is 26.8 Å². The van der Waals surface area contributed by atoms with E-state index in [4.69, 9.17) is 17.5 Å². The predicted octanol–water partition coefficient (Wildman–Crippen LogP) is 3.06. The maximum Gasteiger partial charge on any atom is 0.117 e. The fourth-order valence-corrected chi connectivity index (χ4v) is 1.16. The van der Waals surface area contributed by atoms with Crippen LogP contribution in [0.25, 0.3) is 0 Å². The molecule has 1 N–H and O–H groups in total. The molecule has 0 aromatic carbocycles. The Labute approximate surface area is 88.6 Å². The number of rotatable bonds is 1. The molecule has 0 rings (SSSR count). The molecule has 0 bridgehead atoms. The number of aliphatic hydroxyl groups is 1.